The van der Waals surface area contributed by atoms with Crippen molar-refractivity contribution in [2.45, 2.75) is 13.1 Å². The van der Waals surface area contributed by atoms with Gasteiger partial charge in [0.2, 0.25) is 5.91 Å². The maximum Gasteiger partial charge on any atom is 0.416 e. The first-order valence-corrected chi connectivity index (χ1v) is 7.54. The molecule has 2 nitrogen and oxygen atoms in total. The van der Waals surface area contributed by atoms with E-state index in [-0.39, 0.29) is 10.6 Å². The monoisotopic (exact) mass is 373 g/mol. The summed E-state index contributed by atoms with van der Waals surface area (Å²) in [5.74, 6) is -0.533. The Labute approximate surface area is 146 Å². The number of benzene rings is 2. The average Bonchev–Trinajstić information content (AvgIpc) is 2.48. The molecule has 0 saturated heterocycles. The molecule has 0 saturated carbocycles. The van der Waals surface area contributed by atoms with Crippen LogP contribution in [0.1, 0.15) is 16.7 Å². The quantitative estimate of drug-likeness (QED) is 0.659. The molecule has 24 heavy (non-hydrogen) atoms. The minimum atomic E-state index is -4.48. The number of carbonyl (C=O) groups excluding carboxylic acids is 1. The van der Waals surface area contributed by atoms with Crippen LogP contribution in [0.4, 0.5) is 18.9 Å². The average molecular weight is 374 g/mol. The Morgan fingerprint density at radius 1 is 1.08 bits per heavy atom. The first-order valence-electron chi connectivity index (χ1n) is 6.79. The summed E-state index contributed by atoms with van der Waals surface area (Å²) in [4.78, 5) is 11.9. The molecule has 0 spiro atoms. The van der Waals surface area contributed by atoms with E-state index in [1.807, 2.05) is 6.92 Å². The molecule has 2 aromatic rings. The number of nitrogens with one attached hydrogen (secondary N) is 1. The molecule has 0 bridgehead atoms. The predicted molar refractivity (Wildman–Crippen MR) is 90.3 cm³/mol. The molecular weight excluding hydrogens is 362 g/mol. The fourth-order valence-corrected chi connectivity index (χ4v) is 2.37. The summed E-state index contributed by atoms with van der Waals surface area (Å²) in [6.07, 6.45) is -2.17. The van der Waals surface area contributed by atoms with Gasteiger partial charge in [-0.05, 0) is 54.5 Å². The molecule has 0 aliphatic rings. The van der Waals surface area contributed by atoms with Crippen LogP contribution in [0.25, 0.3) is 6.08 Å². The number of hydrogen-bond donors (Lipinski definition) is 1. The summed E-state index contributed by atoms with van der Waals surface area (Å²) in [6.45, 7) is 1.85. The van der Waals surface area contributed by atoms with Crippen molar-refractivity contribution in [1.29, 1.82) is 0 Å². The van der Waals surface area contributed by atoms with Crippen LogP contribution in [-0.4, -0.2) is 5.91 Å². The SMILES string of the molecule is Cc1ccc(NC(=O)/C=C/c2cc(C(F)(F)F)ccc2Cl)c(Cl)c1. The van der Waals surface area contributed by atoms with E-state index in [1.54, 1.807) is 18.2 Å². The van der Waals surface area contributed by atoms with Crippen LogP contribution in [0.5, 0.6) is 0 Å². The molecule has 1 amide bonds. The zero-order chi connectivity index (χ0) is 17.9. The van der Waals surface area contributed by atoms with Crippen LogP contribution in [0.2, 0.25) is 10.0 Å². The fraction of sp³-hybridized carbons (Fsp3) is 0.118. The highest BCUT2D eigenvalue weighted by molar-refractivity contribution is 6.34. The van der Waals surface area contributed by atoms with E-state index in [0.717, 1.165) is 29.8 Å². The highest BCUT2D eigenvalue weighted by atomic mass is 35.5. The Hall–Kier alpha value is -1.98. The van der Waals surface area contributed by atoms with Crippen LogP contribution in [0.15, 0.2) is 42.5 Å². The lowest BCUT2D eigenvalue weighted by molar-refractivity contribution is -0.137. The van der Waals surface area contributed by atoms with Crippen LogP contribution in [0, 0.1) is 6.92 Å². The molecule has 2 aromatic carbocycles. The molecule has 126 valence electrons. The van der Waals surface area contributed by atoms with Gasteiger partial charge in [0.05, 0.1) is 16.3 Å². The van der Waals surface area contributed by atoms with E-state index in [9.17, 15) is 18.0 Å². The number of carbonyl (C=O) groups is 1. The van der Waals surface area contributed by atoms with Crippen molar-refractivity contribution < 1.29 is 18.0 Å². The first-order chi connectivity index (χ1) is 11.2. The molecule has 0 unspecified atom stereocenters. The van der Waals surface area contributed by atoms with Crippen molar-refractivity contribution in [2.75, 3.05) is 5.32 Å². The van der Waals surface area contributed by atoms with E-state index < -0.39 is 17.6 Å². The normalized spacial score (nSPS) is 11.8. The molecule has 0 aliphatic carbocycles. The summed E-state index contributed by atoms with van der Waals surface area (Å²) in [6, 6.07) is 8.00. The van der Waals surface area contributed by atoms with E-state index in [2.05, 4.69) is 5.32 Å². The van der Waals surface area contributed by atoms with Crippen molar-refractivity contribution in [1.82, 2.24) is 0 Å². The summed E-state index contributed by atoms with van der Waals surface area (Å²) >= 11 is 11.9. The Morgan fingerprint density at radius 2 is 1.79 bits per heavy atom. The zero-order valence-electron chi connectivity index (χ0n) is 12.4. The molecule has 0 heterocycles. The van der Waals surface area contributed by atoms with Gasteiger partial charge >= 0.3 is 6.18 Å². The summed E-state index contributed by atoms with van der Waals surface area (Å²) in [5.41, 5.74) is 0.599. The number of alkyl halides is 3. The van der Waals surface area contributed by atoms with Gasteiger partial charge in [-0.1, -0.05) is 29.3 Å². The standard InChI is InChI=1S/C17H12Cl2F3NO/c1-10-2-6-15(14(19)8-10)23-16(24)7-3-11-9-12(17(20,21)22)4-5-13(11)18/h2-9H,1H3,(H,23,24)/b7-3+. The van der Waals surface area contributed by atoms with Crippen LogP contribution >= 0.6 is 23.2 Å². The molecule has 0 fully saturated rings. The van der Waals surface area contributed by atoms with Crippen LogP contribution in [-0.2, 0) is 11.0 Å². The maximum atomic E-state index is 12.7. The largest absolute Gasteiger partial charge is 0.416 e. The van der Waals surface area contributed by atoms with Crippen molar-refractivity contribution in [3.8, 4) is 0 Å². The summed E-state index contributed by atoms with van der Waals surface area (Å²) < 4.78 is 38.1. The number of hydrogen-bond acceptors (Lipinski definition) is 1. The minimum Gasteiger partial charge on any atom is -0.321 e. The molecule has 0 aromatic heterocycles. The third kappa shape index (κ3) is 4.76. The summed E-state index contributed by atoms with van der Waals surface area (Å²) in [5, 5.41) is 3.03. The second kappa shape index (κ2) is 7.28. The number of rotatable bonds is 3. The van der Waals surface area contributed by atoms with Crippen LogP contribution in [0.3, 0.4) is 0 Å². The van der Waals surface area contributed by atoms with Gasteiger partial charge in [0, 0.05) is 11.1 Å². The lowest BCUT2D eigenvalue weighted by atomic mass is 10.1. The fourth-order valence-electron chi connectivity index (χ4n) is 1.91. The van der Waals surface area contributed by atoms with E-state index in [0.29, 0.717) is 10.7 Å². The van der Waals surface area contributed by atoms with Gasteiger partial charge < -0.3 is 5.32 Å². The second-order valence-corrected chi connectivity index (χ2v) is 5.85. The van der Waals surface area contributed by atoms with Gasteiger partial charge in [0.15, 0.2) is 0 Å². The van der Waals surface area contributed by atoms with Gasteiger partial charge in [-0.15, -0.1) is 0 Å². The molecule has 0 atom stereocenters. The van der Waals surface area contributed by atoms with Gasteiger partial charge in [-0.2, -0.15) is 13.2 Å². The Balaban J connectivity index is 2.17. The zero-order valence-corrected chi connectivity index (χ0v) is 13.9. The summed E-state index contributed by atoms with van der Waals surface area (Å²) in [7, 11) is 0. The van der Waals surface area contributed by atoms with Crippen molar-refractivity contribution in [2.24, 2.45) is 0 Å². The number of aryl methyl sites for hydroxylation is 1. The molecule has 1 N–H and O–H groups in total. The van der Waals surface area contributed by atoms with Gasteiger partial charge in [0.1, 0.15) is 0 Å². The molecule has 7 heteroatoms. The van der Waals surface area contributed by atoms with E-state index >= 15 is 0 Å². The molecule has 0 radical (unpaired) electrons. The van der Waals surface area contributed by atoms with Gasteiger partial charge in [-0.25, -0.2) is 0 Å². The van der Waals surface area contributed by atoms with Crippen molar-refractivity contribution in [3.63, 3.8) is 0 Å². The number of anilines is 1. The van der Waals surface area contributed by atoms with Gasteiger partial charge in [-0.3, -0.25) is 4.79 Å². The Morgan fingerprint density at radius 3 is 2.42 bits per heavy atom. The number of halogens is 5. The smallest absolute Gasteiger partial charge is 0.321 e. The molecule has 0 aliphatic heterocycles. The van der Waals surface area contributed by atoms with E-state index in [4.69, 9.17) is 23.2 Å². The van der Waals surface area contributed by atoms with E-state index in [1.165, 1.54) is 6.08 Å². The predicted octanol–water partition coefficient (Wildman–Crippen LogP) is 5.97. The van der Waals surface area contributed by atoms with Crippen LogP contribution < -0.4 is 5.32 Å². The lowest BCUT2D eigenvalue weighted by Crippen LogP contribution is -2.08. The Kier molecular flexibility index (Phi) is 5.57. The third-order valence-electron chi connectivity index (χ3n) is 3.12. The van der Waals surface area contributed by atoms with Crippen molar-refractivity contribution in [3.05, 3.63) is 69.2 Å². The Bertz CT molecular complexity index is 801. The number of amides is 1. The topological polar surface area (TPSA) is 29.1 Å². The molecule has 2 rings (SSSR count). The first kappa shape index (κ1) is 18.4. The minimum absolute atomic E-state index is 0.0941. The highest BCUT2D eigenvalue weighted by Crippen LogP contribution is 2.32. The lowest BCUT2D eigenvalue weighted by Gasteiger charge is -2.08. The molecular formula is C17H12Cl2F3NO. The second-order valence-electron chi connectivity index (χ2n) is 5.04. The van der Waals surface area contributed by atoms with Gasteiger partial charge in [0.25, 0.3) is 0 Å². The maximum absolute atomic E-state index is 12.7. The third-order valence-corrected chi connectivity index (χ3v) is 3.78. The van der Waals surface area contributed by atoms with Crippen molar-refractivity contribution >= 4 is 40.9 Å². The highest BCUT2D eigenvalue weighted by Gasteiger charge is 2.30.